The number of hydrogen-bond donors (Lipinski definition) is 3. The Morgan fingerprint density at radius 1 is 1.15 bits per heavy atom. The van der Waals surface area contributed by atoms with E-state index < -0.39 is 35.3 Å². The first-order valence-electron chi connectivity index (χ1n) is 10.8. The van der Waals surface area contributed by atoms with Gasteiger partial charge in [0.05, 0.1) is 5.70 Å². The van der Waals surface area contributed by atoms with Gasteiger partial charge in [0.15, 0.2) is 5.70 Å². The summed E-state index contributed by atoms with van der Waals surface area (Å²) in [5, 5.41) is 14.3. The number of carbonyl (C=O) groups is 5. The highest BCUT2D eigenvalue weighted by Gasteiger charge is 2.55. The number of carbonyl (C=O) groups excluding carboxylic acids is 4. The fourth-order valence-corrected chi connectivity index (χ4v) is 5.51. The van der Waals surface area contributed by atoms with Gasteiger partial charge in [-0.05, 0) is 19.3 Å². The number of fused-ring (bicyclic) bond motifs is 1. The number of nitrogens with zero attached hydrogens (tertiary/aromatic N) is 2. The fraction of sp³-hybridized carbons (Fsp3) is 0.409. The lowest BCUT2D eigenvalue weighted by atomic mass is 10.0. The summed E-state index contributed by atoms with van der Waals surface area (Å²) < 4.78 is 4.93. The number of β-lactam (4-membered cyclic amide) rings is 1. The summed E-state index contributed by atoms with van der Waals surface area (Å²) in [5.41, 5.74) is 0.281. The zero-order valence-corrected chi connectivity index (χ0v) is 19.0. The molecule has 0 aliphatic carbocycles. The molecule has 1 aromatic rings. The first-order valence-corrected chi connectivity index (χ1v) is 11.9. The summed E-state index contributed by atoms with van der Waals surface area (Å²) in [5.74, 6) is -2.51. The van der Waals surface area contributed by atoms with Crippen LogP contribution in [0.25, 0.3) is 0 Å². The van der Waals surface area contributed by atoms with Crippen molar-refractivity contribution in [2.75, 3.05) is 18.8 Å². The van der Waals surface area contributed by atoms with Crippen molar-refractivity contribution in [2.24, 2.45) is 0 Å². The molecule has 12 heteroatoms. The molecule has 3 aliphatic rings. The van der Waals surface area contributed by atoms with Crippen molar-refractivity contribution >= 4 is 42.0 Å². The molecule has 180 valence electrons. The van der Waals surface area contributed by atoms with E-state index in [4.69, 9.17) is 4.74 Å². The van der Waals surface area contributed by atoms with Crippen molar-refractivity contribution in [1.29, 1.82) is 0 Å². The van der Waals surface area contributed by atoms with Crippen molar-refractivity contribution < 1.29 is 33.8 Å². The van der Waals surface area contributed by atoms with Crippen LogP contribution in [0.2, 0.25) is 0 Å². The highest BCUT2D eigenvalue weighted by atomic mass is 32.2. The van der Waals surface area contributed by atoms with Gasteiger partial charge in [0.25, 0.3) is 18.3 Å². The van der Waals surface area contributed by atoms with E-state index in [1.165, 1.54) is 11.8 Å². The van der Waals surface area contributed by atoms with E-state index in [0.717, 1.165) is 24.2 Å². The maximum absolute atomic E-state index is 12.9. The molecule has 2 unspecified atom stereocenters. The monoisotopic (exact) mass is 488 g/mol. The summed E-state index contributed by atoms with van der Waals surface area (Å²) in [6.45, 7) is 1.35. The molecule has 3 heterocycles. The second-order valence-electron chi connectivity index (χ2n) is 8.03. The van der Waals surface area contributed by atoms with Crippen LogP contribution in [0.15, 0.2) is 41.7 Å². The number of piperidine rings is 1. The number of carboxylic acid groups (broad SMARTS) is 1. The number of amides is 4. The van der Waals surface area contributed by atoms with E-state index >= 15 is 0 Å². The van der Waals surface area contributed by atoms with Crippen LogP contribution in [-0.2, 0) is 23.9 Å². The Morgan fingerprint density at radius 3 is 2.50 bits per heavy atom. The SMILES string of the molecule is O=COC(C(=O)NC1C(=O)N2C(C(=O)O)=C(NC(=O)N3CCCCC3)CS[C@@H]12)c1ccccc1. The average Bonchev–Trinajstić information content (AvgIpc) is 2.86. The molecular weight excluding hydrogens is 464 g/mol. The van der Waals surface area contributed by atoms with E-state index in [9.17, 15) is 29.1 Å². The summed E-state index contributed by atoms with van der Waals surface area (Å²) in [6.07, 6.45) is 1.57. The van der Waals surface area contributed by atoms with Crippen molar-refractivity contribution in [1.82, 2.24) is 20.4 Å². The number of carboxylic acids is 1. The number of aliphatic carboxylic acids is 1. The molecule has 3 atom stereocenters. The minimum atomic E-state index is -1.34. The van der Waals surface area contributed by atoms with Gasteiger partial charge in [0.2, 0.25) is 6.10 Å². The lowest BCUT2D eigenvalue weighted by molar-refractivity contribution is -0.154. The van der Waals surface area contributed by atoms with Crippen molar-refractivity contribution in [3.63, 3.8) is 0 Å². The smallest absolute Gasteiger partial charge is 0.354 e. The van der Waals surface area contributed by atoms with Gasteiger partial charge < -0.3 is 25.4 Å². The standard InChI is InChI=1S/C22H24N4O7S/c27-12-33-17(13-7-3-1-4-8-13)18(28)24-15-19(29)26-16(21(30)31)14(11-34-20(15)26)23-22(32)25-9-5-2-6-10-25/h1,3-4,7-8,12,15,17,20H,2,5-6,9-11H2,(H,23,32)(H,24,28)(H,30,31)/t15?,17?,20-/m0/s1. The molecule has 0 aromatic heterocycles. The second kappa shape index (κ2) is 10.2. The van der Waals surface area contributed by atoms with Gasteiger partial charge in [-0.2, -0.15) is 0 Å². The summed E-state index contributed by atoms with van der Waals surface area (Å²) >= 11 is 1.23. The zero-order chi connectivity index (χ0) is 24.2. The number of nitrogens with one attached hydrogen (secondary N) is 2. The Morgan fingerprint density at radius 2 is 1.85 bits per heavy atom. The maximum Gasteiger partial charge on any atom is 0.354 e. The number of rotatable bonds is 7. The number of likely N-dealkylation sites (tertiary alicyclic amines) is 1. The highest BCUT2D eigenvalue weighted by Crippen LogP contribution is 2.40. The fourth-order valence-electron chi connectivity index (χ4n) is 4.22. The first-order chi connectivity index (χ1) is 16.4. The van der Waals surface area contributed by atoms with Gasteiger partial charge in [0, 0.05) is 24.4 Å². The molecule has 4 amide bonds. The average molecular weight is 489 g/mol. The molecule has 3 N–H and O–H groups in total. The largest absolute Gasteiger partial charge is 0.477 e. The molecule has 0 radical (unpaired) electrons. The molecular formula is C22H24N4O7S. The van der Waals surface area contributed by atoms with Gasteiger partial charge in [-0.3, -0.25) is 19.3 Å². The predicted octanol–water partition coefficient (Wildman–Crippen LogP) is 0.792. The summed E-state index contributed by atoms with van der Waals surface area (Å²) in [4.78, 5) is 63.9. The van der Waals surface area contributed by atoms with E-state index in [1.807, 2.05) is 0 Å². The van der Waals surface area contributed by atoms with Crippen LogP contribution in [0.4, 0.5) is 4.79 Å². The number of thioether (sulfide) groups is 1. The van der Waals surface area contributed by atoms with Crippen LogP contribution in [0.1, 0.15) is 30.9 Å². The quantitative estimate of drug-likeness (QED) is 0.377. The lowest BCUT2D eigenvalue weighted by Gasteiger charge is -2.49. The minimum Gasteiger partial charge on any atom is -0.477 e. The molecule has 2 fully saturated rings. The zero-order valence-electron chi connectivity index (χ0n) is 18.1. The van der Waals surface area contributed by atoms with E-state index in [-0.39, 0.29) is 29.7 Å². The Balaban J connectivity index is 1.47. The molecule has 4 rings (SSSR count). The highest BCUT2D eigenvalue weighted by molar-refractivity contribution is 8.00. The number of ether oxygens (including phenoxy) is 1. The number of hydrogen-bond acceptors (Lipinski definition) is 7. The van der Waals surface area contributed by atoms with E-state index in [1.54, 1.807) is 35.2 Å². The topological polar surface area (TPSA) is 145 Å². The molecule has 0 spiro atoms. The van der Waals surface area contributed by atoms with Crippen LogP contribution in [0.5, 0.6) is 0 Å². The van der Waals surface area contributed by atoms with Crippen LogP contribution in [0.3, 0.4) is 0 Å². The van der Waals surface area contributed by atoms with Crippen LogP contribution in [0, 0.1) is 0 Å². The predicted molar refractivity (Wildman–Crippen MR) is 120 cm³/mol. The van der Waals surface area contributed by atoms with Crippen molar-refractivity contribution in [3.8, 4) is 0 Å². The van der Waals surface area contributed by atoms with Gasteiger partial charge >= 0.3 is 12.0 Å². The van der Waals surface area contributed by atoms with Crippen molar-refractivity contribution in [2.45, 2.75) is 36.8 Å². The number of benzene rings is 1. The molecule has 3 aliphatic heterocycles. The van der Waals surface area contributed by atoms with Crippen molar-refractivity contribution in [3.05, 3.63) is 47.3 Å². The second-order valence-corrected chi connectivity index (χ2v) is 9.13. The molecule has 2 saturated heterocycles. The van der Waals surface area contributed by atoms with Crippen LogP contribution in [-0.4, -0.2) is 75.5 Å². The van der Waals surface area contributed by atoms with Gasteiger partial charge in [0.1, 0.15) is 11.4 Å². The Hall–Kier alpha value is -3.54. The van der Waals surface area contributed by atoms with Gasteiger partial charge in [-0.1, -0.05) is 30.3 Å². The lowest BCUT2D eigenvalue weighted by Crippen LogP contribution is -2.71. The molecule has 0 saturated carbocycles. The Kier molecular flexibility index (Phi) is 7.06. The third-order valence-electron chi connectivity index (χ3n) is 5.90. The molecule has 0 bridgehead atoms. The molecule has 1 aromatic carbocycles. The third-order valence-corrected chi connectivity index (χ3v) is 7.18. The number of urea groups is 1. The summed E-state index contributed by atoms with van der Waals surface area (Å²) in [6, 6.07) is 6.95. The molecule has 34 heavy (non-hydrogen) atoms. The summed E-state index contributed by atoms with van der Waals surface area (Å²) in [7, 11) is 0. The Bertz CT molecular complexity index is 1030. The van der Waals surface area contributed by atoms with Gasteiger partial charge in [-0.25, -0.2) is 9.59 Å². The van der Waals surface area contributed by atoms with E-state index in [0.29, 0.717) is 18.7 Å². The Labute approximate surface area is 199 Å². The first kappa shape index (κ1) is 23.6. The minimum absolute atomic E-state index is 0.147. The van der Waals surface area contributed by atoms with Crippen LogP contribution < -0.4 is 10.6 Å². The van der Waals surface area contributed by atoms with Gasteiger partial charge in [-0.15, -0.1) is 11.8 Å². The molecule has 11 nitrogen and oxygen atoms in total. The maximum atomic E-state index is 12.9. The normalized spacial score (nSPS) is 22.8. The van der Waals surface area contributed by atoms with E-state index in [2.05, 4.69) is 10.6 Å². The third kappa shape index (κ3) is 4.58. The van der Waals surface area contributed by atoms with Crippen LogP contribution >= 0.6 is 11.8 Å².